The van der Waals surface area contributed by atoms with Gasteiger partial charge in [-0.05, 0) is 19.4 Å². The molecule has 1 rings (SSSR count). The van der Waals surface area contributed by atoms with Gasteiger partial charge in [0.25, 0.3) is 0 Å². The van der Waals surface area contributed by atoms with Crippen LogP contribution in [0.15, 0.2) is 24.3 Å². The van der Waals surface area contributed by atoms with Gasteiger partial charge in [-0.25, -0.2) is 0 Å². The number of hydrogen-bond acceptors (Lipinski definition) is 3. The van der Waals surface area contributed by atoms with Crippen molar-refractivity contribution in [2.24, 2.45) is 0 Å². The molecular formula is C12H17NO3. The van der Waals surface area contributed by atoms with E-state index >= 15 is 0 Å². The van der Waals surface area contributed by atoms with Gasteiger partial charge in [0.15, 0.2) is 0 Å². The summed E-state index contributed by atoms with van der Waals surface area (Å²) in [4.78, 5) is 10.8. The lowest BCUT2D eigenvalue weighted by Crippen LogP contribution is -2.44. The van der Waals surface area contributed by atoms with Crippen molar-refractivity contribution >= 4 is 5.97 Å². The van der Waals surface area contributed by atoms with Crippen LogP contribution in [0.4, 0.5) is 0 Å². The highest BCUT2D eigenvalue weighted by Crippen LogP contribution is 2.03. The van der Waals surface area contributed by atoms with Gasteiger partial charge in [0, 0.05) is 6.54 Å². The quantitative estimate of drug-likeness (QED) is 0.694. The normalized spacial score (nSPS) is 14.4. The van der Waals surface area contributed by atoms with Gasteiger partial charge in [0.2, 0.25) is 0 Å². The van der Waals surface area contributed by atoms with Crippen molar-refractivity contribution < 1.29 is 15.0 Å². The first-order valence-corrected chi connectivity index (χ1v) is 5.20. The summed E-state index contributed by atoms with van der Waals surface area (Å²) in [7, 11) is 0. The smallest absolute Gasteiger partial charge is 0.323 e. The van der Waals surface area contributed by atoms with E-state index in [1.807, 2.05) is 31.2 Å². The Kier molecular flexibility index (Phi) is 4.46. The van der Waals surface area contributed by atoms with Crippen LogP contribution in [0.5, 0.6) is 0 Å². The van der Waals surface area contributed by atoms with Gasteiger partial charge in [0.05, 0.1) is 6.10 Å². The molecule has 0 aliphatic carbocycles. The molecule has 2 unspecified atom stereocenters. The molecule has 0 amide bonds. The van der Waals surface area contributed by atoms with Crippen LogP contribution in [-0.4, -0.2) is 28.3 Å². The van der Waals surface area contributed by atoms with E-state index in [0.29, 0.717) is 6.54 Å². The number of hydrogen-bond donors (Lipinski definition) is 3. The van der Waals surface area contributed by atoms with Crippen molar-refractivity contribution in [2.75, 3.05) is 0 Å². The largest absolute Gasteiger partial charge is 0.480 e. The number of benzene rings is 1. The molecule has 0 fully saturated rings. The van der Waals surface area contributed by atoms with Gasteiger partial charge in [-0.2, -0.15) is 0 Å². The highest BCUT2D eigenvalue weighted by atomic mass is 16.4. The second-order valence-electron chi connectivity index (χ2n) is 3.92. The Morgan fingerprint density at radius 2 is 1.94 bits per heavy atom. The molecule has 2 atom stereocenters. The zero-order valence-electron chi connectivity index (χ0n) is 9.47. The summed E-state index contributed by atoms with van der Waals surface area (Å²) >= 11 is 0. The van der Waals surface area contributed by atoms with Crippen LogP contribution in [0.2, 0.25) is 0 Å². The maximum Gasteiger partial charge on any atom is 0.323 e. The van der Waals surface area contributed by atoms with E-state index in [9.17, 15) is 9.90 Å². The average Bonchev–Trinajstić information content (AvgIpc) is 2.20. The number of carbonyl (C=O) groups is 1. The summed E-state index contributed by atoms with van der Waals surface area (Å²) in [6.45, 7) is 3.89. The van der Waals surface area contributed by atoms with Crippen molar-refractivity contribution in [3.63, 3.8) is 0 Å². The maximum atomic E-state index is 10.8. The van der Waals surface area contributed by atoms with Gasteiger partial charge in [0.1, 0.15) is 6.04 Å². The number of carboxylic acids is 1. The van der Waals surface area contributed by atoms with Crippen molar-refractivity contribution in [3.8, 4) is 0 Å². The van der Waals surface area contributed by atoms with E-state index in [4.69, 9.17) is 5.11 Å². The Hall–Kier alpha value is -1.39. The molecule has 1 aromatic rings. The molecule has 0 aliphatic heterocycles. The van der Waals surface area contributed by atoms with Crippen molar-refractivity contribution in [1.82, 2.24) is 5.32 Å². The van der Waals surface area contributed by atoms with Crippen molar-refractivity contribution in [1.29, 1.82) is 0 Å². The third-order valence-electron chi connectivity index (χ3n) is 2.40. The fourth-order valence-corrected chi connectivity index (χ4v) is 1.40. The standard InChI is InChI=1S/C12H17NO3/c1-8-3-5-10(6-4-8)7-13-11(9(2)14)12(15)16/h3-6,9,11,13-14H,7H2,1-2H3,(H,15,16). The molecule has 4 heteroatoms. The number of aliphatic hydroxyl groups is 1. The van der Waals surface area contributed by atoms with Crippen LogP contribution in [0, 0.1) is 6.92 Å². The molecule has 88 valence electrons. The molecule has 3 N–H and O–H groups in total. The monoisotopic (exact) mass is 223 g/mol. The van der Waals surface area contributed by atoms with Crippen LogP contribution in [0.1, 0.15) is 18.1 Å². The molecular weight excluding hydrogens is 206 g/mol. The minimum Gasteiger partial charge on any atom is -0.480 e. The van der Waals surface area contributed by atoms with E-state index < -0.39 is 18.1 Å². The van der Waals surface area contributed by atoms with Crippen molar-refractivity contribution in [3.05, 3.63) is 35.4 Å². The Morgan fingerprint density at radius 1 is 1.38 bits per heavy atom. The SMILES string of the molecule is Cc1ccc(CNC(C(=O)O)C(C)O)cc1. The second-order valence-corrected chi connectivity index (χ2v) is 3.92. The highest BCUT2D eigenvalue weighted by Gasteiger charge is 2.21. The first-order chi connectivity index (χ1) is 7.50. The summed E-state index contributed by atoms with van der Waals surface area (Å²) in [6, 6.07) is 6.87. The number of aliphatic hydroxyl groups excluding tert-OH is 1. The zero-order chi connectivity index (χ0) is 12.1. The lowest BCUT2D eigenvalue weighted by molar-refractivity contribution is -0.142. The molecule has 4 nitrogen and oxygen atoms in total. The van der Waals surface area contributed by atoms with Gasteiger partial charge < -0.3 is 10.2 Å². The van der Waals surface area contributed by atoms with E-state index in [-0.39, 0.29) is 0 Å². The van der Waals surface area contributed by atoms with Crippen LogP contribution in [0.25, 0.3) is 0 Å². The first-order valence-electron chi connectivity index (χ1n) is 5.20. The van der Waals surface area contributed by atoms with Crippen molar-refractivity contribution in [2.45, 2.75) is 32.5 Å². The summed E-state index contributed by atoms with van der Waals surface area (Å²) in [5.41, 5.74) is 2.16. The molecule has 0 saturated carbocycles. The molecule has 0 spiro atoms. The Balaban J connectivity index is 2.55. The third-order valence-corrected chi connectivity index (χ3v) is 2.40. The van der Waals surface area contributed by atoms with E-state index in [2.05, 4.69) is 5.32 Å². The second kappa shape index (κ2) is 5.63. The Labute approximate surface area is 94.9 Å². The van der Waals surface area contributed by atoms with Crippen LogP contribution in [0.3, 0.4) is 0 Å². The summed E-state index contributed by atoms with van der Waals surface area (Å²) in [5.74, 6) is -1.04. The molecule has 0 bridgehead atoms. The first kappa shape index (κ1) is 12.7. The Bertz CT molecular complexity index is 346. The lowest BCUT2D eigenvalue weighted by atomic mass is 10.1. The predicted molar refractivity (Wildman–Crippen MR) is 61.1 cm³/mol. The molecule has 16 heavy (non-hydrogen) atoms. The van der Waals surface area contributed by atoms with Gasteiger partial charge in [-0.15, -0.1) is 0 Å². The number of carboxylic acid groups (broad SMARTS) is 1. The number of nitrogens with one attached hydrogen (secondary N) is 1. The topological polar surface area (TPSA) is 69.6 Å². The number of aryl methyl sites for hydroxylation is 1. The average molecular weight is 223 g/mol. The van der Waals surface area contributed by atoms with E-state index in [1.54, 1.807) is 0 Å². The molecule has 1 aromatic carbocycles. The maximum absolute atomic E-state index is 10.8. The van der Waals surface area contributed by atoms with Crippen LogP contribution < -0.4 is 5.32 Å². The summed E-state index contributed by atoms with van der Waals surface area (Å²) < 4.78 is 0. The molecule has 0 aliphatic rings. The third kappa shape index (κ3) is 3.64. The fraction of sp³-hybridized carbons (Fsp3) is 0.417. The van der Waals surface area contributed by atoms with Gasteiger partial charge in [-0.3, -0.25) is 10.1 Å². The number of rotatable bonds is 5. The lowest BCUT2D eigenvalue weighted by Gasteiger charge is -2.17. The minimum atomic E-state index is -1.04. The molecule has 0 saturated heterocycles. The fourth-order valence-electron chi connectivity index (χ4n) is 1.40. The predicted octanol–water partition coefficient (Wildman–Crippen LogP) is 0.919. The molecule has 0 heterocycles. The number of aliphatic carboxylic acids is 1. The zero-order valence-corrected chi connectivity index (χ0v) is 9.47. The van der Waals surface area contributed by atoms with Gasteiger partial charge in [-0.1, -0.05) is 29.8 Å². The highest BCUT2D eigenvalue weighted by molar-refractivity contribution is 5.74. The summed E-state index contributed by atoms with van der Waals surface area (Å²) in [6.07, 6.45) is -0.914. The van der Waals surface area contributed by atoms with E-state index in [0.717, 1.165) is 11.1 Å². The van der Waals surface area contributed by atoms with E-state index in [1.165, 1.54) is 6.92 Å². The molecule has 0 aromatic heterocycles. The Morgan fingerprint density at radius 3 is 2.38 bits per heavy atom. The van der Waals surface area contributed by atoms with Gasteiger partial charge >= 0.3 is 5.97 Å². The minimum absolute atomic E-state index is 0.433. The van der Waals surface area contributed by atoms with Crippen LogP contribution in [-0.2, 0) is 11.3 Å². The summed E-state index contributed by atoms with van der Waals surface area (Å²) in [5, 5.41) is 20.9. The van der Waals surface area contributed by atoms with Crippen LogP contribution >= 0.6 is 0 Å². The molecule has 0 radical (unpaired) electrons.